The summed E-state index contributed by atoms with van der Waals surface area (Å²) in [4.78, 5) is 0. The standard InChI is InChI=1S/C9H23O3PSi/c1-6-8-11-13(10,9-7-2)12-14(3,4)5/h6-9H2,1-5H3. The van der Waals surface area contributed by atoms with Gasteiger partial charge in [-0.15, -0.1) is 0 Å². The first-order valence-corrected chi connectivity index (χ1v) is 10.4. The minimum absolute atomic E-state index is 0.530. The van der Waals surface area contributed by atoms with Crippen LogP contribution in [0.25, 0.3) is 0 Å². The molecule has 0 aromatic rings. The van der Waals surface area contributed by atoms with Crippen molar-refractivity contribution >= 4 is 15.9 Å². The van der Waals surface area contributed by atoms with E-state index in [1.54, 1.807) is 0 Å². The Morgan fingerprint density at radius 1 is 1.14 bits per heavy atom. The largest absolute Gasteiger partial charge is 0.351 e. The summed E-state index contributed by atoms with van der Waals surface area (Å²) in [6.07, 6.45) is 2.26. The summed E-state index contributed by atoms with van der Waals surface area (Å²) >= 11 is 0. The molecular weight excluding hydrogens is 215 g/mol. The molecule has 0 bridgehead atoms. The van der Waals surface area contributed by atoms with Gasteiger partial charge in [0.1, 0.15) is 0 Å². The van der Waals surface area contributed by atoms with Crippen LogP contribution in [0.2, 0.25) is 19.6 Å². The number of rotatable bonds is 7. The molecule has 0 aliphatic carbocycles. The van der Waals surface area contributed by atoms with E-state index in [4.69, 9.17) is 8.74 Å². The third-order valence-electron chi connectivity index (χ3n) is 1.40. The smallest absolute Gasteiger partial charge is 0.321 e. The summed E-state index contributed by atoms with van der Waals surface area (Å²) in [5.74, 6) is 0. The zero-order chi connectivity index (χ0) is 11.2. The first-order chi connectivity index (χ1) is 6.33. The molecule has 3 nitrogen and oxygen atoms in total. The van der Waals surface area contributed by atoms with Gasteiger partial charge in [-0.25, -0.2) is 0 Å². The van der Waals surface area contributed by atoms with Crippen LogP contribution in [0, 0.1) is 0 Å². The zero-order valence-corrected chi connectivity index (χ0v) is 11.9. The summed E-state index contributed by atoms with van der Waals surface area (Å²) in [5, 5.41) is 0. The Labute approximate surface area is 88.9 Å². The predicted octanol–water partition coefficient (Wildman–Crippen LogP) is 3.87. The van der Waals surface area contributed by atoms with Crippen molar-refractivity contribution in [3.05, 3.63) is 0 Å². The van der Waals surface area contributed by atoms with Crippen LogP contribution in [0.15, 0.2) is 0 Å². The molecule has 0 heterocycles. The minimum atomic E-state index is -2.80. The van der Waals surface area contributed by atoms with Gasteiger partial charge >= 0.3 is 7.60 Å². The lowest BCUT2D eigenvalue weighted by molar-refractivity contribution is 0.263. The normalized spacial score (nSPS) is 16.6. The molecule has 0 fully saturated rings. The second kappa shape index (κ2) is 6.06. The lowest BCUT2D eigenvalue weighted by atomic mass is 10.5. The Morgan fingerprint density at radius 3 is 2.07 bits per heavy atom. The second-order valence-corrected chi connectivity index (χ2v) is 11.3. The summed E-state index contributed by atoms with van der Waals surface area (Å²) in [6.45, 7) is 10.6. The first-order valence-electron chi connectivity index (χ1n) is 5.27. The van der Waals surface area contributed by atoms with E-state index in [-0.39, 0.29) is 0 Å². The average Bonchev–Trinajstić information content (AvgIpc) is 1.98. The van der Waals surface area contributed by atoms with E-state index in [9.17, 15) is 4.57 Å². The summed E-state index contributed by atoms with van der Waals surface area (Å²) in [7, 11) is -4.56. The summed E-state index contributed by atoms with van der Waals surface area (Å²) in [5.41, 5.74) is 0. The SMILES string of the molecule is CCCOP(=O)(CCC)O[Si](C)(C)C. The molecule has 0 spiro atoms. The Hall–Kier alpha value is 0.367. The lowest BCUT2D eigenvalue weighted by Gasteiger charge is -2.25. The van der Waals surface area contributed by atoms with E-state index in [0.29, 0.717) is 12.8 Å². The minimum Gasteiger partial charge on any atom is -0.351 e. The van der Waals surface area contributed by atoms with Gasteiger partial charge in [0.2, 0.25) is 0 Å². The molecule has 0 amide bonds. The van der Waals surface area contributed by atoms with Crippen molar-refractivity contribution in [3.8, 4) is 0 Å². The molecule has 0 aromatic carbocycles. The van der Waals surface area contributed by atoms with Crippen molar-refractivity contribution in [3.63, 3.8) is 0 Å². The van der Waals surface area contributed by atoms with Gasteiger partial charge in [0, 0.05) is 6.16 Å². The highest BCUT2D eigenvalue weighted by atomic mass is 31.2. The van der Waals surface area contributed by atoms with Crippen LogP contribution in [-0.4, -0.2) is 21.1 Å². The van der Waals surface area contributed by atoms with Gasteiger partial charge in [-0.05, 0) is 32.5 Å². The maximum Gasteiger partial charge on any atom is 0.321 e. The Bertz CT molecular complexity index is 201. The van der Waals surface area contributed by atoms with Crippen molar-refractivity contribution < 1.29 is 13.3 Å². The number of hydrogen-bond donors (Lipinski definition) is 0. The molecule has 0 radical (unpaired) electrons. The summed E-state index contributed by atoms with van der Waals surface area (Å²) < 4.78 is 23.2. The van der Waals surface area contributed by atoms with Crippen LogP contribution in [-0.2, 0) is 13.3 Å². The van der Waals surface area contributed by atoms with Crippen molar-refractivity contribution in [1.82, 2.24) is 0 Å². The van der Waals surface area contributed by atoms with Crippen molar-refractivity contribution in [2.45, 2.75) is 46.3 Å². The molecule has 0 aliphatic rings. The van der Waals surface area contributed by atoms with Crippen LogP contribution >= 0.6 is 7.60 Å². The lowest BCUT2D eigenvalue weighted by Crippen LogP contribution is -2.25. The molecular formula is C9H23O3PSi. The number of hydrogen-bond acceptors (Lipinski definition) is 3. The molecule has 0 aliphatic heterocycles. The molecule has 86 valence electrons. The first kappa shape index (κ1) is 14.4. The molecule has 1 atom stereocenters. The van der Waals surface area contributed by atoms with Gasteiger partial charge in [-0.3, -0.25) is 4.57 Å². The monoisotopic (exact) mass is 238 g/mol. The van der Waals surface area contributed by atoms with Gasteiger partial charge in [0.25, 0.3) is 0 Å². The van der Waals surface area contributed by atoms with E-state index in [2.05, 4.69) is 0 Å². The van der Waals surface area contributed by atoms with Gasteiger partial charge in [-0.1, -0.05) is 13.8 Å². The van der Waals surface area contributed by atoms with Gasteiger partial charge in [0.15, 0.2) is 8.32 Å². The molecule has 1 unspecified atom stereocenters. The zero-order valence-electron chi connectivity index (χ0n) is 10.0. The van der Waals surface area contributed by atoms with Gasteiger partial charge in [0.05, 0.1) is 6.61 Å². The maximum atomic E-state index is 12.2. The maximum absolute atomic E-state index is 12.2. The van der Waals surface area contributed by atoms with E-state index in [1.165, 1.54) is 0 Å². The quantitative estimate of drug-likeness (QED) is 0.499. The van der Waals surface area contributed by atoms with Crippen molar-refractivity contribution in [2.75, 3.05) is 12.8 Å². The molecule has 0 saturated heterocycles. The molecule has 0 N–H and O–H groups in total. The van der Waals surface area contributed by atoms with E-state index >= 15 is 0 Å². The average molecular weight is 238 g/mol. The topological polar surface area (TPSA) is 35.5 Å². The molecule has 5 heteroatoms. The van der Waals surface area contributed by atoms with E-state index < -0.39 is 15.9 Å². The van der Waals surface area contributed by atoms with Gasteiger partial charge < -0.3 is 8.74 Å². The van der Waals surface area contributed by atoms with E-state index in [1.807, 2.05) is 33.5 Å². The highest BCUT2D eigenvalue weighted by Gasteiger charge is 2.30. The van der Waals surface area contributed by atoms with Crippen molar-refractivity contribution in [1.29, 1.82) is 0 Å². The van der Waals surface area contributed by atoms with Crippen LogP contribution < -0.4 is 0 Å². The third-order valence-corrected chi connectivity index (χ3v) is 6.28. The fourth-order valence-corrected chi connectivity index (χ4v) is 6.11. The third kappa shape index (κ3) is 6.77. The molecule has 0 aromatic heterocycles. The fraction of sp³-hybridized carbons (Fsp3) is 1.00. The molecule has 0 rings (SSSR count). The van der Waals surface area contributed by atoms with Crippen LogP contribution in [0.4, 0.5) is 0 Å². The van der Waals surface area contributed by atoms with Crippen LogP contribution in [0.3, 0.4) is 0 Å². The predicted molar refractivity (Wildman–Crippen MR) is 63.4 cm³/mol. The second-order valence-electron chi connectivity index (χ2n) is 4.37. The Kier molecular flexibility index (Phi) is 6.22. The van der Waals surface area contributed by atoms with E-state index in [0.717, 1.165) is 12.8 Å². The van der Waals surface area contributed by atoms with Crippen molar-refractivity contribution in [2.24, 2.45) is 0 Å². The highest BCUT2D eigenvalue weighted by Crippen LogP contribution is 2.51. The molecule has 0 saturated carbocycles. The fourth-order valence-electron chi connectivity index (χ4n) is 1.06. The van der Waals surface area contributed by atoms with Gasteiger partial charge in [-0.2, -0.15) is 0 Å². The van der Waals surface area contributed by atoms with Crippen LogP contribution in [0.5, 0.6) is 0 Å². The molecule has 14 heavy (non-hydrogen) atoms. The van der Waals surface area contributed by atoms with Crippen LogP contribution in [0.1, 0.15) is 26.7 Å². The Balaban J connectivity index is 4.31. The Morgan fingerprint density at radius 2 is 1.71 bits per heavy atom. The highest BCUT2D eigenvalue weighted by molar-refractivity contribution is 7.55. The summed E-state index contributed by atoms with van der Waals surface area (Å²) in [6, 6.07) is 0.